The summed E-state index contributed by atoms with van der Waals surface area (Å²) in [5, 5.41) is 0. The standard InChI is InChI=1S/C32H35FN2O3/c1-32(2,3)31(37)34-20-8-11-28(25-14-18-27(38-4)19-15-25)35(22-24-12-16-26(33)17-13-24)30(36)29(34)21-23-9-6-5-7-10-23/h5-19,28-29H,20-22H2,1-4H3/b11-8-/t28-,29+/m1/s1. The van der Waals surface area contributed by atoms with Crippen molar-refractivity contribution in [3.8, 4) is 5.75 Å². The van der Waals surface area contributed by atoms with Gasteiger partial charge in [-0.05, 0) is 41.0 Å². The molecule has 0 saturated carbocycles. The normalized spacial score (nSPS) is 19.0. The van der Waals surface area contributed by atoms with E-state index in [9.17, 15) is 14.0 Å². The Morgan fingerprint density at radius 1 is 0.947 bits per heavy atom. The highest BCUT2D eigenvalue weighted by molar-refractivity contribution is 5.90. The summed E-state index contributed by atoms with van der Waals surface area (Å²) in [5.41, 5.74) is 2.05. The van der Waals surface area contributed by atoms with Crippen LogP contribution in [0, 0.1) is 11.2 Å². The second kappa shape index (κ2) is 11.6. The minimum absolute atomic E-state index is 0.0824. The van der Waals surface area contributed by atoms with E-state index < -0.39 is 11.5 Å². The van der Waals surface area contributed by atoms with Gasteiger partial charge in [0.1, 0.15) is 17.6 Å². The SMILES string of the molecule is COc1ccc([C@H]2/C=C\CN(C(=O)C(C)(C)C)[C@@H](Cc3ccccc3)C(=O)N2Cc2ccc(F)cc2)cc1. The Hall–Kier alpha value is -3.93. The third-order valence-corrected chi connectivity index (χ3v) is 6.80. The van der Waals surface area contributed by atoms with Crippen molar-refractivity contribution in [2.24, 2.45) is 5.41 Å². The molecule has 0 aromatic heterocycles. The number of amides is 2. The summed E-state index contributed by atoms with van der Waals surface area (Å²) >= 11 is 0. The zero-order chi connectivity index (χ0) is 27.3. The first-order valence-corrected chi connectivity index (χ1v) is 12.9. The summed E-state index contributed by atoms with van der Waals surface area (Å²) < 4.78 is 19.0. The van der Waals surface area contributed by atoms with E-state index in [-0.39, 0.29) is 30.2 Å². The number of benzene rings is 3. The zero-order valence-electron chi connectivity index (χ0n) is 22.4. The fraction of sp³-hybridized carbons (Fsp3) is 0.312. The lowest BCUT2D eigenvalue weighted by Crippen LogP contribution is -2.55. The number of halogens is 1. The number of carbonyl (C=O) groups excluding carboxylic acids is 2. The first kappa shape index (κ1) is 27.1. The maximum Gasteiger partial charge on any atom is 0.246 e. The molecule has 2 amide bonds. The topological polar surface area (TPSA) is 49.9 Å². The molecule has 0 saturated heterocycles. The lowest BCUT2D eigenvalue weighted by Gasteiger charge is -2.41. The van der Waals surface area contributed by atoms with Gasteiger partial charge in [-0.2, -0.15) is 0 Å². The summed E-state index contributed by atoms with van der Waals surface area (Å²) in [4.78, 5) is 31.6. The van der Waals surface area contributed by atoms with Crippen LogP contribution in [0.15, 0.2) is 91.0 Å². The molecule has 0 bridgehead atoms. The van der Waals surface area contributed by atoms with Crippen LogP contribution in [-0.4, -0.2) is 41.3 Å². The Morgan fingerprint density at radius 2 is 1.61 bits per heavy atom. The van der Waals surface area contributed by atoms with Gasteiger partial charge in [-0.3, -0.25) is 9.59 Å². The van der Waals surface area contributed by atoms with Gasteiger partial charge in [0, 0.05) is 24.9 Å². The van der Waals surface area contributed by atoms with Gasteiger partial charge < -0.3 is 14.5 Å². The summed E-state index contributed by atoms with van der Waals surface area (Å²) in [6.45, 7) is 6.22. The first-order chi connectivity index (χ1) is 18.2. The molecular formula is C32H35FN2O3. The average Bonchev–Trinajstić information content (AvgIpc) is 2.91. The van der Waals surface area contributed by atoms with Crippen LogP contribution in [0.2, 0.25) is 0 Å². The number of nitrogens with zero attached hydrogens (tertiary/aromatic N) is 2. The van der Waals surface area contributed by atoms with Gasteiger partial charge in [0.25, 0.3) is 0 Å². The molecule has 6 heteroatoms. The van der Waals surface area contributed by atoms with E-state index >= 15 is 0 Å². The maximum absolute atomic E-state index is 14.5. The predicted octanol–water partition coefficient (Wildman–Crippen LogP) is 5.96. The summed E-state index contributed by atoms with van der Waals surface area (Å²) in [7, 11) is 1.62. The Bertz CT molecular complexity index is 1260. The third kappa shape index (κ3) is 6.31. The molecule has 4 rings (SSSR count). The number of hydrogen-bond donors (Lipinski definition) is 0. The minimum Gasteiger partial charge on any atom is -0.497 e. The van der Waals surface area contributed by atoms with Crippen LogP contribution in [0.4, 0.5) is 4.39 Å². The van der Waals surface area contributed by atoms with Crippen LogP contribution in [0.1, 0.15) is 43.5 Å². The fourth-order valence-corrected chi connectivity index (χ4v) is 4.74. The molecule has 3 aromatic rings. The summed E-state index contributed by atoms with van der Waals surface area (Å²) in [6.07, 6.45) is 4.34. The van der Waals surface area contributed by atoms with E-state index in [0.29, 0.717) is 13.0 Å². The number of carbonyl (C=O) groups is 2. The van der Waals surface area contributed by atoms with Gasteiger partial charge >= 0.3 is 0 Å². The molecule has 38 heavy (non-hydrogen) atoms. The largest absolute Gasteiger partial charge is 0.497 e. The minimum atomic E-state index is -0.699. The van der Waals surface area contributed by atoms with Crippen molar-refractivity contribution in [1.29, 1.82) is 0 Å². The molecule has 1 heterocycles. The highest BCUT2D eigenvalue weighted by Crippen LogP contribution is 2.31. The molecule has 198 valence electrons. The molecule has 2 atom stereocenters. The molecule has 5 nitrogen and oxygen atoms in total. The van der Waals surface area contributed by atoms with Gasteiger partial charge in [0.15, 0.2) is 0 Å². The van der Waals surface area contributed by atoms with Gasteiger partial charge in [-0.25, -0.2) is 4.39 Å². The lowest BCUT2D eigenvalue weighted by molar-refractivity contribution is -0.151. The van der Waals surface area contributed by atoms with E-state index in [1.54, 1.807) is 29.0 Å². The average molecular weight is 515 g/mol. The second-order valence-corrected chi connectivity index (χ2v) is 10.7. The number of ether oxygens (including phenoxy) is 1. The highest BCUT2D eigenvalue weighted by Gasteiger charge is 2.39. The second-order valence-electron chi connectivity index (χ2n) is 10.7. The monoisotopic (exact) mass is 514 g/mol. The van der Waals surface area contributed by atoms with Gasteiger partial charge in [0.2, 0.25) is 11.8 Å². The van der Waals surface area contributed by atoms with E-state index in [0.717, 1.165) is 22.4 Å². The van der Waals surface area contributed by atoms with Crippen molar-refractivity contribution < 1.29 is 18.7 Å². The van der Waals surface area contributed by atoms with Crippen LogP contribution in [-0.2, 0) is 22.6 Å². The molecule has 0 unspecified atom stereocenters. The van der Waals surface area contributed by atoms with E-state index in [1.807, 2.05) is 87.5 Å². The van der Waals surface area contributed by atoms with Crippen LogP contribution >= 0.6 is 0 Å². The van der Waals surface area contributed by atoms with Crippen LogP contribution in [0.25, 0.3) is 0 Å². The zero-order valence-corrected chi connectivity index (χ0v) is 22.4. The first-order valence-electron chi connectivity index (χ1n) is 12.9. The van der Waals surface area contributed by atoms with Crippen molar-refractivity contribution in [2.75, 3.05) is 13.7 Å². The van der Waals surface area contributed by atoms with Gasteiger partial charge in [-0.1, -0.05) is 87.5 Å². The molecule has 3 aromatic carbocycles. The Morgan fingerprint density at radius 3 is 2.21 bits per heavy atom. The fourth-order valence-electron chi connectivity index (χ4n) is 4.74. The predicted molar refractivity (Wildman–Crippen MR) is 147 cm³/mol. The Balaban J connectivity index is 1.81. The molecule has 0 N–H and O–H groups in total. The van der Waals surface area contributed by atoms with Crippen LogP contribution < -0.4 is 4.74 Å². The smallest absolute Gasteiger partial charge is 0.246 e. The summed E-state index contributed by atoms with van der Waals surface area (Å²) in [6, 6.07) is 22.5. The Kier molecular flexibility index (Phi) is 8.30. The van der Waals surface area contributed by atoms with Crippen molar-refractivity contribution in [2.45, 2.75) is 45.8 Å². The van der Waals surface area contributed by atoms with E-state index in [1.165, 1.54) is 12.1 Å². The molecule has 0 aliphatic carbocycles. The van der Waals surface area contributed by atoms with E-state index in [2.05, 4.69) is 0 Å². The van der Waals surface area contributed by atoms with Gasteiger partial charge in [0.05, 0.1) is 13.2 Å². The van der Waals surface area contributed by atoms with Crippen LogP contribution in [0.3, 0.4) is 0 Å². The lowest BCUT2D eigenvalue weighted by atomic mass is 9.91. The number of hydrogen-bond acceptors (Lipinski definition) is 3. The van der Waals surface area contributed by atoms with Crippen molar-refractivity contribution in [3.63, 3.8) is 0 Å². The molecule has 1 aliphatic rings. The molecule has 0 radical (unpaired) electrons. The number of methoxy groups -OCH3 is 1. The molecule has 0 spiro atoms. The number of rotatable bonds is 6. The maximum atomic E-state index is 14.5. The van der Waals surface area contributed by atoms with Gasteiger partial charge in [-0.15, -0.1) is 0 Å². The Labute approximate surface area is 224 Å². The third-order valence-electron chi connectivity index (χ3n) is 6.80. The van der Waals surface area contributed by atoms with Crippen molar-refractivity contribution in [3.05, 3.63) is 114 Å². The van der Waals surface area contributed by atoms with Crippen molar-refractivity contribution in [1.82, 2.24) is 9.80 Å². The van der Waals surface area contributed by atoms with Crippen molar-refractivity contribution >= 4 is 11.8 Å². The van der Waals surface area contributed by atoms with E-state index in [4.69, 9.17) is 4.74 Å². The molecule has 1 aliphatic heterocycles. The quantitative estimate of drug-likeness (QED) is 0.382. The molecular weight excluding hydrogens is 479 g/mol. The van der Waals surface area contributed by atoms with Crippen LogP contribution in [0.5, 0.6) is 5.75 Å². The summed E-state index contributed by atoms with van der Waals surface area (Å²) in [5.74, 6) is 0.161. The molecule has 0 fully saturated rings. The highest BCUT2D eigenvalue weighted by atomic mass is 19.1.